The second-order valence-electron chi connectivity index (χ2n) is 4.55. The smallest absolute Gasteiger partial charge is 0.320 e. The fourth-order valence-electron chi connectivity index (χ4n) is 1.46. The molecule has 0 radical (unpaired) electrons. The van der Waals surface area contributed by atoms with Crippen LogP contribution in [0.4, 0.5) is 13.2 Å². The summed E-state index contributed by atoms with van der Waals surface area (Å²) in [7, 11) is 0. The molecule has 0 saturated carbocycles. The van der Waals surface area contributed by atoms with Crippen LogP contribution in [0.3, 0.4) is 0 Å². The Morgan fingerprint density at radius 3 is 2.44 bits per heavy atom. The summed E-state index contributed by atoms with van der Waals surface area (Å²) in [4.78, 5) is 10.6. The van der Waals surface area contributed by atoms with E-state index in [1.165, 1.54) is 13.8 Å². The number of carbonyl (C=O) groups is 1. The lowest BCUT2D eigenvalue weighted by molar-refractivity contribution is -0.138. The van der Waals surface area contributed by atoms with Crippen molar-refractivity contribution in [3.8, 4) is 0 Å². The van der Waals surface area contributed by atoms with Gasteiger partial charge in [0.25, 0.3) is 0 Å². The molecule has 0 aromatic heterocycles. The molecule has 1 aromatic rings. The number of alkyl halides is 1. The molecule has 0 amide bonds. The van der Waals surface area contributed by atoms with Crippen molar-refractivity contribution in [3.05, 3.63) is 34.9 Å². The Hall–Kier alpha value is -1.56. The summed E-state index contributed by atoms with van der Waals surface area (Å²) in [6.07, 6.45) is -0.401. The van der Waals surface area contributed by atoms with Gasteiger partial charge in [0.1, 0.15) is 11.7 Å². The SMILES string of the molecule is CC(C)(F)c1cc(F)c(F)c(CC(N)C(=O)O)c1. The van der Waals surface area contributed by atoms with E-state index in [1.54, 1.807) is 0 Å². The molecular weight excluding hydrogens is 247 g/mol. The summed E-state index contributed by atoms with van der Waals surface area (Å²) in [6.45, 7) is 2.39. The number of nitrogens with two attached hydrogens (primary N) is 1. The van der Waals surface area contributed by atoms with Crippen LogP contribution in [0.15, 0.2) is 12.1 Å². The van der Waals surface area contributed by atoms with Gasteiger partial charge in [-0.15, -0.1) is 0 Å². The van der Waals surface area contributed by atoms with Gasteiger partial charge in [-0.05, 0) is 37.1 Å². The second-order valence-corrected chi connectivity index (χ2v) is 4.55. The normalized spacial score (nSPS) is 13.4. The molecule has 0 bridgehead atoms. The zero-order valence-corrected chi connectivity index (χ0v) is 10.0. The van der Waals surface area contributed by atoms with E-state index >= 15 is 0 Å². The van der Waals surface area contributed by atoms with Gasteiger partial charge in [-0.25, -0.2) is 13.2 Å². The van der Waals surface area contributed by atoms with Crippen LogP contribution in [0.1, 0.15) is 25.0 Å². The van der Waals surface area contributed by atoms with Gasteiger partial charge < -0.3 is 10.8 Å². The van der Waals surface area contributed by atoms with E-state index in [0.29, 0.717) is 0 Å². The maximum absolute atomic E-state index is 13.7. The summed E-state index contributed by atoms with van der Waals surface area (Å²) in [5.41, 5.74) is 3.09. The highest BCUT2D eigenvalue weighted by molar-refractivity contribution is 5.73. The molecule has 1 aromatic carbocycles. The van der Waals surface area contributed by atoms with Crippen molar-refractivity contribution in [2.45, 2.75) is 32.0 Å². The number of aliphatic carboxylic acids is 1. The van der Waals surface area contributed by atoms with Crippen molar-refractivity contribution in [2.24, 2.45) is 5.73 Å². The van der Waals surface area contributed by atoms with E-state index in [0.717, 1.165) is 12.1 Å². The number of benzene rings is 1. The molecule has 1 atom stereocenters. The van der Waals surface area contributed by atoms with Crippen molar-refractivity contribution in [3.63, 3.8) is 0 Å². The third kappa shape index (κ3) is 3.22. The van der Waals surface area contributed by atoms with Gasteiger partial charge in [0.2, 0.25) is 0 Å². The first-order chi connectivity index (χ1) is 8.12. The van der Waals surface area contributed by atoms with Gasteiger partial charge in [0.05, 0.1) is 0 Å². The summed E-state index contributed by atoms with van der Waals surface area (Å²) in [5.74, 6) is -3.75. The van der Waals surface area contributed by atoms with Gasteiger partial charge in [-0.1, -0.05) is 0 Å². The van der Waals surface area contributed by atoms with E-state index in [4.69, 9.17) is 10.8 Å². The first-order valence-corrected chi connectivity index (χ1v) is 5.28. The molecule has 0 spiro atoms. The summed E-state index contributed by atoms with van der Waals surface area (Å²) >= 11 is 0. The van der Waals surface area contributed by atoms with Gasteiger partial charge >= 0.3 is 5.97 Å². The zero-order chi connectivity index (χ0) is 14.1. The van der Waals surface area contributed by atoms with Crippen LogP contribution in [-0.2, 0) is 16.9 Å². The van der Waals surface area contributed by atoms with E-state index in [-0.39, 0.29) is 11.1 Å². The number of rotatable bonds is 4. The van der Waals surface area contributed by atoms with Crippen LogP contribution in [-0.4, -0.2) is 17.1 Å². The number of carboxylic acid groups (broad SMARTS) is 1. The highest BCUT2D eigenvalue weighted by Gasteiger charge is 2.24. The molecule has 0 saturated heterocycles. The maximum atomic E-state index is 13.7. The van der Waals surface area contributed by atoms with Crippen LogP contribution in [0, 0.1) is 11.6 Å². The monoisotopic (exact) mass is 261 g/mol. The molecule has 0 aliphatic carbocycles. The lowest BCUT2D eigenvalue weighted by atomic mass is 9.95. The maximum Gasteiger partial charge on any atom is 0.320 e. The van der Waals surface area contributed by atoms with Gasteiger partial charge in [-0.2, -0.15) is 0 Å². The lowest BCUT2D eigenvalue weighted by Gasteiger charge is -2.17. The highest BCUT2D eigenvalue weighted by Crippen LogP contribution is 2.28. The average Bonchev–Trinajstić information content (AvgIpc) is 2.22. The number of carboxylic acids is 1. The van der Waals surface area contributed by atoms with E-state index in [9.17, 15) is 18.0 Å². The third-order valence-corrected chi connectivity index (χ3v) is 2.55. The summed E-state index contributed by atoms with van der Waals surface area (Å²) in [5, 5.41) is 8.62. The molecule has 0 aliphatic heterocycles. The minimum atomic E-state index is -1.85. The fraction of sp³-hybridized carbons (Fsp3) is 0.417. The van der Waals surface area contributed by atoms with Crippen molar-refractivity contribution in [1.82, 2.24) is 0 Å². The molecule has 0 heterocycles. The van der Waals surface area contributed by atoms with E-state index in [1.807, 2.05) is 0 Å². The quantitative estimate of drug-likeness (QED) is 0.872. The molecule has 0 aliphatic rings. The minimum absolute atomic E-state index is 0.0611. The molecule has 3 nitrogen and oxygen atoms in total. The molecule has 3 N–H and O–H groups in total. The molecule has 1 rings (SSSR count). The molecular formula is C12H14F3NO2. The van der Waals surface area contributed by atoms with E-state index in [2.05, 4.69) is 0 Å². The number of hydrogen-bond acceptors (Lipinski definition) is 2. The van der Waals surface area contributed by atoms with Crippen LogP contribution in [0.5, 0.6) is 0 Å². The Labute approximate surface area is 102 Å². The average molecular weight is 261 g/mol. The molecule has 0 fully saturated rings. The lowest BCUT2D eigenvalue weighted by Crippen LogP contribution is -2.32. The van der Waals surface area contributed by atoms with Crippen molar-refractivity contribution < 1.29 is 23.1 Å². The fourth-order valence-corrected chi connectivity index (χ4v) is 1.46. The molecule has 18 heavy (non-hydrogen) atoms. The number of halogens is 3. The Morgan fingerprint density at radius 2 is 2.00 bits per heavy atom. The Morgan fingerprint density at radius 1 is 1.44 bits per heavy atom. The molecule has 6 heteroatoms. The topological polar surface area (TPSA) is 63.3 Å². The summed E-state index contributed by atoms with van der Waals surface area (Å²) in [6, 6.07) is 0.490. The van der Waals surface area contributed by atoms with Gasteiger partial charge in [0.15, 0.2) is 11.6 Å². The standard InChI is InChI=1S/C12H14F3NO2/c1-12(2,15)7-3-6(4-9(16)11(17)18)10(14)8(13)5-7/h3,5,9H,4,16H2,1-2H3,(H,17,18). The van der Waals surface area contributed by atoms with E-state index < -0.39 is 35.7 Å². The highest BCUT2D eigenvalue weighted by atomic mass is 19.2. The zero-order valence-electron chi connectivity index (χ0n) is 10.0. The van der Waals surface area contributed by atoms with Crippen LogP contribution >= 0.6 is 0 Å². The number of hydrogen-bond donors (Lipinski definition) is 2. The second kappa shape index (κ2) is 4.97. The summed E-state index contributed by atoms with van der Waals surface area (Å²) < 4.78 is 40.4. The molecule has 100 valence electrons. The van der Waals surface area contributed by atoms with Gasteiger partial charge in [0, 0.05) is 6.42 Å². The van der Waals surface area contributed by atoms with Crippen LogP contribution in [0.25, 0.3) is 0 Å². The van der Waals surface area contributed by atoms with Crippen molar-refractivity contribution in [1.29, 1.82) is 0 Å². The molecule has 1 unspecified atom stereocenters. The van der Waals surface area contributed by atoms with Crippen molar-refractivity contribution >= 4 is 5.97 Å². The van der Waals surface area contributed by atoms with Crippen LogP contribution < -0.4 is 5.73 Å². The van der Waals surface area contributed by atoms with Gasteiger partial charge in [-0.3, -0.25) is 4.79 Å². The first-order valence-electron chi connectivity index (χ1n) is 5.28. The predicted molar refractivity (Wildman–Crippen MR) is 59.8 cm³/mol. The van der Waals surface area contributed by atoms with Crippen molar-refractivity contribution in [2.75, 3.05) is 0 Å². The Balaban J connectivity index is 3.19. The third-order valence-electron chi connectivity index (χ3n) is 2.55. The predicted octanol–water partition coefficient (Wildman–Crippen LogP) is 2.12. The Bertz CT molecular complexity index is 469. The first kappa shape index (κ1) is 14.5. The van der Waals surface area contributed by atoms with Crippen LogP contribution in [0.2, 0.25) is 0 Å². The Kier molecular flexibility index (Phi) is 4.01. The minimum Gasteiger partial charge on any atom is -0.480 e. The largest absolute Gasteiger partial charge is 0.480 e.